The minimum atomic E-state index is -3.86. The number of rotatable bonds is 6. The van der Waals surface area contributed by atoms with Crippen molar-refractivity contribution in [3.05, 3.63) is 29.3 Å². The van der Waals surface area contributed by atoms with Crippen molar-refractivity contribution < 1.29 is 13.2 Å². The molecule has 24 heavy (non-hydrogen) atoms. The van der Waals surface area contributed by atoms with E-state index in [0.29, 0.717) is 12.1 Å². The summed E-state index contributed by atoms with van der Waals surface area (Å²) in [4.78, 5) is 11.7. The smallest absolute Gasteiger partial charge is 0.291 e. The van der Waals surface area contributed by atoms with Gasteiger partial charge >= 0.3 is 0 Å². The van der Waals surface area contributed by atoms with Gasteiger partial charge in [0.05, 0.1) is 5.69 Å². The Morgan fingerprint density at radius 2 is 2.00 bits per heavy atom. The van der Waals surface area contributed by atoms with E-state index in [1.807, 2.05) is 32.0 Å². The first-order valence-corrected chi connectivity index (χ1v) is 9.80. The van der Waals surface area contributed by atoms with Crippen LogP contribution in [0.15, 0.2) is 22.5 Å². The van der Waals surface area contributed by atoms with Gasteiger partial charge in [0.1, 0.15) is 0 Å². The van der Waals surface area contributed by atoms with Crippen molar-refractivity contribution in [2.75, 3.05) is 10.0 Å². The zero-order chi connectivity index (χ0) is 17.9. The van der Waals surface area contributed by atoms with Gasteiger partial charge in [-0.3, -0.25) is 9.52 Å². The van der Waals surface area contributed by atoms with Gasteiger partial charge in [0.25, 0.3) is 14.4 Å². The predicted molar refractivity (Wildman–Crippen MR) is 94.7 cm³/mol. The number of carbonyl (C=O) groups excluding carboxylic acids is 1. The van der Waals surface area contributed by atoms with Crippen LogP contribution in [0.25, 0.3) is 0 Å². The second kappa shape index (κ2) is 7.27. The molecule has 1 aromatic heterocycles. The number of nitrogens with zero attached hydrogens (tertiary/aromatic N) is 2. The van der Waals surface area contributed by atoms with Gasteiger partial charge in [-0.1, -0.05) is 50.3 Å². The highest BCUT2D eigenvalue weighted by molar-refractivity contribution is 7.94. The molecule has 1 aromatic carbocycles. The molecule has 0 fully saturated rings. The average Bonchev–Trinajstić information content (AvgIpc) is 2.98. The molecular formula is C15H20N4O3S2. The van der Waals surface area contributed by atoms with Crippen LogP contribution in [-0.4, -0.2) is 24.5 Å². The fourth-order valence-electron chi connectivity index (χ4n) is 1.97. The summed E-state index contributed by atoms with van der Waals surface area (Å²) in [5.41, 5.74) is 2.29. The first kappa shape index (κ1) is 18.3. The van der Waals surface area contributed by atoms with E-state index < -0.39 is 10.0 Å². The van der Waals surface area contributed by atoms with Crippen molar-refractivity contribution in [2.24, 2.45) is 5.92 Å². The van der Waals surface area contributed by atoms with Gasteiger partial charge in [-0.2, -0.15) is 8.42 Å². The summed E-state index contributed by atoms with van der Waals surface area (Å²) in [6.45, 7) is 7.27. The Morgan fingerprint density at radius 1 is 1.29 bits per heavy atom. The van der Waals surface area contributed by atoms with Crippen LogP contribution in [0.4, 0.5) is 10.8 Å². The number of anilines is 2. The molecular weight excluding hydrogens is 348 g/mol. The molecule has 2 rings (SSSR count). The summed E-state index contributed by atoms with van der Waals surface area (Å²) in [6.07, 6.45) is 0.700. The van der Waals surface area contributed by atoms with Crippen molar-refractivity contribution in [2.45, 2.75) is 38.5 Å². The Bertz CT molecular complexity index is 844. The molecule has 0 bridgehead atoms. The quantitative estimate of drug-likeness (QED) is 0.764. The molecule has 0 spiro atoms. The van der Waals surface area contributed by atoms with Crippen molar-refractivity contribution in [3.8, 4) is 0 Å². The number of hydrogen-bond donors (Lipinski definition) is 2. The van der Waals surface area contributed by atoms with Crippen molar-refractivity contribution in [1.82, 2.24) is 10.2 Å². The van der Waals surface area contributed by atoms with E-state index >= 15 is 0 Å². The molecule has 0 unspecified atom stereocenters. The maximum Gasteiger partial charge on any atom is 0.291 e. The van der Waals surface area contributed by atoms with Gasteiger partial charge < -0.3 is 5.32 Å². The SMILES string of the molecule is CCc1cccc(C)c1NS(=O)(=O)c1nnc(NC(=O)C(C)C)s1. The summed E-state index contributed by atoms with van der Waals surface area (Å²) in [7, 11) is -3.86. The van der Waals surface area contributed by atoms with E-state index in [-0.39, 0.29) is 21.3 Å². The van der Waals surface area contributed by atoms with Crippen LogP contribution in [0.5, 0.6) is 0 Å². The normalized spacial score (nSPS) is 11.5. The molecule has 0 radical (unpaired) electrons. The van der Waals surface area contributed by atoms with Crippen LogP contribution in [0.3, 0.4) is 0 Å². The van der Waals surface area contributed by atoms with Crippen molar-refractivity contribution in [1.29, 1.82) is 0 Å². The van der Waals surface area contributed by atoms with E-state index in [9.17, 15) is 13.2 Å². The maximum atomic E-state index is 12.5. The topological polar surface area (TPSA) is 101 Å². The monoisotopic (exact) mass is 368 g/mol. The number of para-hydroxylation sites is 1. The highest BCUT2D eigenvalue weighted by Gasteiger charge is 2.23. The van der Waals surface area contributed by atoms with Crippen LogP contribution in [0.2, 0.25) is 0 Å². The van der Waals surface area contributed by atoms with E-state index in [2.05, 4.69) is 20.2 Å². The zero-order valence-electron chi connectivity index (χ0n) is 14.0. The van der Waals surface area contributed by atoms with E-state index in [0.717, 1.165) is 22.5 Å². The van der Waals surface area contributed by atoms with Crippen LogP contribution in [0.1, 0.15) is 31.9 Å². The Balaban J connectivity index is 2.26. The maximum absolute atomic E-state index is 12.5. The Morgan fingerprint density at radius 3 is 2.62 bits per heavy atom. The summed E-state index contributed by atoms with van der Waals surface area (Å²) >= 11 is 0.819. The lowest BCUT2D eigenvalue weighted by Gasteiger charge is -2.12. The number of sulfonamides is 1. The number of benzene rings is 1. The average molecular weight is 368 g/mol. The molecule has 0 saturated heterocycles. The molecule has 7 nitrogen and oxygen atoms in total. The molecule has 0 aliphatic rings. The van der Waals surface area contributed by atoms with Gasteiger partial charge in [-0.15, -0.1) is 10.2 Å². The lowest BCUT2D eigenvalue weighted by atomic mass is 10.1. The van der Waals surface area contributed by atoms with Crippen LogP contribution in [0, 0.1) is 12.8 Å². The summed E-state index contributed by atoms with van der Waals surface area (Å²) < 4.78 is 27.5. The first-order valence-electron chi connectivity index (χ1n) is 7.50. The molecule has 0 aliphatic carbocycles. The lowest BCUT2D eigenvalue weighted by molar-refractivity contribution is -0.118. The van der Waals surface area contributed by atoms with Crippen molar-refractivity contribution >= 4 is 38.1 Å². The largest absolute Gasteiger partial charge is 0.300 e. The predicted octanol–water partition coefficient (Wildman–Crippen LogP) is 2.80. The number of nitrogens with one attached hydrogen (secondary N) is 2. The fourth-order valence-corrected chi connectivity index (χ4v) is 4.04. The Hall–Kier alpha value is -2.00. The highest BCUT2D eigenvalue weighted by atomic mass is 32.2. The molecule has 0 saturated carbocycles. The van der Waals surface area contributed by atoms with E-state index in [1.165, 1.54) is 0 Å². The van der Waals surface area contributed by atoms with Gasteiger partial charge in [-0.25, -0.2) is 0 Å². The number of aryl methyl sites for hydroxylation is 2. The molecule has 0 atom stereocenters. The molecule has 0 aliphatic heterocycles. The standard InChI is InChI=1S/C15H20N4O3S2/c1-5-11-8-6-7-10(4)12(11)19-24(21,22)15-18-17-14(23-15)16-13(20)9(2)3/h6-9,19H,5H2,1-4H3,(H,16,17,20). The second-order valence-corrected chi connectivity index (χ2v) is 8.42. The minimum Gasteiger partial charge on any atom is -0.300 e. The van der Waals surface area contributed by atoms with Crippen LogP contribution < -0.4 is 10.0 Å². The molecule has 1 heterocycles. The van der Waals surface area contributed by atoms with E-state index in [4.69, 9.17) is 0 Å². The number of hydrogen-bond acceptors (Lipinski definition) is 6. The van der Waals surface area contributed by atoms with Crippen LogP contribution in [-0.2, 0) is 21.2 Å². The van der Waals surface area contributed by atoms with Gasteiger partial charge in [-0.05, 0) is 24.5 Å². The Labute approximate surface area is 145 Å². The highest BCUT2D eigenvalue weighted by Crippen LogP contribution is 2.27. The zero-order valence-corrected chi connectivity index (χ0v) is 15.6. The summed E-state index contributed by atoms with van der Waals surface area (Å²) in [6, 6.07) is 5.60. The molecule has 1 amide bonds. The summed E-state index contributed by atoms with van der Waals surface area (Å²) in [5, 5.41) is 10.1. The Kier molecular flexibility index (Phi) is 5.55. The fraction of sp³-hybridized carbons (Fsp3) is 0.400. The third-order valence-corrected chi connectivity index (χ3v) is 5.92. The molecule has 130 valence electrons. The number of carbonyl (C=O) groups is 1. The van der Waals surface area contributed by atoms with Gasteiger partial charge in [0, 0.05) is 5.92 Å². The molecule has 9 heteroatoms. The molecule has 2 N–H and O–H groups in total. The third kappa shape index (κ3) is 4.09. The summed E-state index contributed by atoms with van der Waals surface area (Å²) in [5.74, 6) is -0.471. The van der Waals surface area contributed by atoms with Gasteiger partial charge in [0.2, 0.25) is 11.0 Å². The van der Waals surface area contributed by atoms with Crippen LogP contribution >= 0.6 is 11.3 Å². The van der Waals surface area contributed by atoms with Gasteiger partial charge in [0.15, 0.2) is 0 Å². The second-order valence-electron chi connectivity index (χ2n) is 5.59. The lowest BCUT2D eigenvalue weighted by Crippen LogP contribution is -2.17. The van der Waals surface area contributed by atoms with Crippen molar-refractivity contribution in [3.63, 3.8) is 0 Å². The third-order valence-electron chi connectivity index (χ3n) is 3.37. The number of aromatic nitrogens is 2. The minimum absolute atomic E-state index is 0.162. The number of amides is 1. The first-order chi connectivity index (χ1) is 11.2. The molecule has 2 aromatic rings. The van der Waals surface area contributed by atoms with E-state index in [1.54, 1.807) is 13.8 Å².